The van der Waals surface area contributed by atoms with E-state index in [-0.39, 0.29) is 11.0 Å². The van der Waals surface area contributed by atoms with Crippen molar-refractivity contribution in [3.05, 3.63) is 29.8 Å². The molecule has 0 bridgehead atoms. The fraction of sp³-hybridized carbons (Fsp3) is 0.684. The molecule has 0 spiro atoms. The van der Waals surface area contributed by atoms with Crippen LogP contribution in [0.15, 0.2) is 24.3 Å². The van der Waals surface area contributed by atoms with Crippen molar-refractivity contribution < 1.29 is 4.74 Å². The molecule has 0 aromatic heterocycles. The zero-order chi connectivity index (χ0) is 15.5. The van der Waals surface area contributed by atoms with E-state index in [0.29, 0.717) is 0 Å². The van der Waals surface area contributed by atoms with E-state index in [2.05, 4.69) is 57.3 Å². The molecule has 21 heavy (non-hydrogen) atoms. The van der Waals surface area contributed by atoms with E-state index in [0.717, 1.165) is 18.2 Å². The molecule has 2 rings (SSSR count). The first-order valence-electron chi connectivity index (χ1n) is 8.29. The third-order valence-corrected chi connectivity index (χ3v) is 4.69. The van der Waals surface area contributed by atoms with Gasteiger partial charge in [0.15, 0.2) is 0 Å². The standard InChI is InChI=1S/C19H31NO/c1-6-9-15-12-19(13-15,14-20-18(2,3)4)16-10-7-8-11-17(16)21-5/h7-8,10-11,15,20H,6,9,12-14H2,1-5H3. The molecule has 0 unspecified atom stereocenters. The second-order valence-electron chi connectivity index (χ2n) is 7.65. The first-order valence-corrected chi connectivity index (χ1v) is 8.29. The summed E-state index contributed by atoms with van der Waals surface area (Å²) in [4.78, 5) is 0. The van der Waals surface area contributed by atoms with Crippen molar-refractivity contribution in [2.24, 2.45) is 5.92 Å². The fourth-order valence-corrected chi connectivity index (χ4v) is 3.63. The number of rotatable bonds is 6. The van der Waals surface area contributed by atoms with Crippen LogP contribution in [0.2, 0.25) is 0 Å². The van der Waals surface area contributed by atoms with Gasteiger partial charge in [-0.2, -0.15) is 0 Å². The van der Waals surface area contributed by atoms with Crippen LogP contribution in [0.4, 0.5) is 0 Å². The summed E-state index contributed by atoms with van der Waals surface area (Å²) in [5.74, 6) is 1.92. The Balaban J connectivity index is 2.21. The normalized spacial score (nSPS) is 25.5. The minimum Gasteiger partial charge on any atom is -0.496 e. The van der Waals surface area contributed by atoms with E-state index < -0.39 is 0 Å². The second kappa shape index (κ2) is 6.39. The maximum absolute atomic E-state index is 5.63. The predicted molar refractivity (Wildman–Crippen MR) is 90.1 cm³/mol. The lowest BCUT2D eigenvalue weighted by atomic mass is 9.57. The molecule has 0 atom stereocenters. The first kappa shape index (κ1) is 16.4. The van der Waals surface area contributed by atoms with Crippen molar-refractivity contribution in [1.29, 1.82) is 0 Å². The summed E-state index contributed by atoms with van der Waals surface area (Å²) in [6.07, 6.45) is 5.21. The van der Waals surface area contributed by atoms with Crippen molar-refractivity contribution in [2.75, 3.05) is 13.7 Å². The topological polar surface area (TPSA) is 21.3 Å². The molecular weight excluding hydrogens is 258 g/mol. The van der Waals surface area contributed by atoms with Gasteiger partial charge in [0.05, 0.1) is 7.11 Å². The number of methoxy groups -OCH3 is 1. The van der Waals surface area contributed by atoms with Gasteiger partial charge < -0.3 is 10.1 Å². The van der Waals surface area contributed by atoms with E-state index in [4.69, 9.17) is 4.74 Å². The van der Waals surface area contributed by atoms with Crippen LogP contribution in [-0.4, -0.2) is 19.2 Å². The van der Waals surface area contributed by atoms with Gasteiger partial charge in [-0.05, 0) is 45.6 Å². The van der Waals surface area contributed by atoms with Crippen LogP contribution in [0.5, 0.6) is 5.75 Å². The molecule has 1 aromatic rings. The van der Waals surface area contributed by atoms with Crippen molar-refractivity contribution in [3.63, 3.8) is 0 Å². The van der Waals surface area contributed by atoms with Crippen LogP contribution in [-0.2, 0) is 5.41 Å². The smallest absolute Gasteiger partial charge is 0.122 e. The number of benzene rings is 1. The van der Waals surface area contributed by atoms with E-state index in [1.165, 1.54) is 31.2 Å². The molecule has 1 fully saturated rings. The average Bonchev–Trinajstić information content (AvgIpc) is 2.40. The monoisotopic (exact) mass is 289 g/mol. The number of hydrogen-bond acceptors (Lipinski definition) is 2. The van der Waals surface area contributed by atoms with Gasteiger partial charge in [-0.25, -0.2) is 0 Å². The summed E-state index contributed by atoms with van der Waals surface area (Å²) in [6, 6.07) is 8.56. The van der Waals surface area contributed by atoms with E-state index in [9.17, 15) is 0 Å². The second-order valence-corrected chi connectivity index (χ2v) is 7.65. The highest BCUT2D eigenvalue weighted by molar-refractivity contribution is 5.42. The third kappa shape index (κ3) is 3.79. The molecule has 1 aliphatic carbocycles. The average molecular weight is 289 g/mol. The molecule has 0 aliphatic heterocycles. The molecule has 118 valence electrons. The van der Waals surface area contributed by atoms with Crippen LogP contribution >= 0.6 is 0 Å². The third-order valence-electron chi connectivity index (χ3n) is 4.69. The van der Waals surface area contributed by atoms with E-state index in [1.807, 2.05) is 0 Å². The molecule has 0 radical (unpaired) electrons. The Morgan fingerprint density at radius 1 is 1.24 bits per heavy atom. The molecule has 1 aliphatic rings. The minimum absolute atomic E-state index is 0.158. The Kier molecular flexibility index (Phi) is 4.98. The number of nitrogens with one attached hydrogen (secondary N) is 1. The van der Waals surface area contributed by atoms with Crippen molar-refractivity contribution in [2.45, 2.75) is 64.3 Å². The summed E-state index contributed by atoms with van der Waals surface area (Å²) >= 11 is 0. The summed E-state index contributed by atoms with van der Waals surface area (Å²) < 4.78 is 5.63. The molecule has 1 saturated carbocycles. The van der Waals surface area contributed by atoms with Crippen LogP contribution in [0.1, 0.15) is 58.9 Å². The van der Waals surface area contributed by atoms with Crippen molar-refractivity contribution in [1.82, 2.24) is 5.32 Å². The lowest BCUT2D eigenvalue weighted by molar-refractivity contribution is 0.117. The summed E-state index contributed by atoms with van der Waals surface area (Å²) in [5, 5.41) is 3.72. The Morgan fingerprint density at radius 2 is 1.90 bits per heavy atom. The van der Waals surface area contributed by atoms with Crippen LogP contribution < -0.4 is 10.1 Å². The number of ether oxygens (including phenoxy) is 1. The molecular formula is C19H31NO. The van der Waals surface area contributed by atoms with Gasteiger partial charge in [0.25, 0.3) is 0 Å². The quantitative estimate of drug-likeness (QED) is 0.830. The predicted octanol–water partition coefficient (Wildman–Crippen LogP) is 4.53. The largest absolute Gasteiger partial charge is 0.496 e. The highest BCUT2D eigenvalue weighted by Crippen LogP contribution is 2.51. The molecule has 0 heterocycles. The molecule has 2 heteroatoms. The highest BCUT2D eigenvalue weighted by Gasteiger charge is 2.46. The van der Waals surface area contributed by atoms with Crippen LogP contribution in [0.3, 0.4) is 0 Å². The molecule has 0 amide bonds. The Bertz CT molecular complexity index is 455. The first-order chi connectivity index (χ1) is 9.90. The lowest BCUT2D eigenvalue weighted by Crippen LogP contribution is -2.52. The Morgan fingerprint density at radius 3 is 2.48 bits per heavy atom. The molecule has 0 saturated heterocycles. The summed E-state index contributed by atoms with van der Waals surface area (Å²) in [6.45, 7) is 10.1. The van der Waals surface area contributed by atoms with Crippen molar-refractivity contribution >= 4 is 0 Å². The molecule has 1 aromatic carbocycles. The van der Waals surface area contributed by atoms with Gasteiger partial charge in [0.2, 0.25) is 0 Å². The van der Waals surface area contributed by atoms with Gasteiger partial charge in [-0.15, -0.1) is 0 Å². The zero-order valence-corrected chi connectivity index (χ0v) is 14.3. The van der Waals surface area contributed by atoms with Gasteiger partial charge in [-0.3, -0.25) is 0 Å². The SMILES string of the molecule is CCCC1CC(CNC(C)(C)C)(c2ccccc2OC)C1. The van der Waals surface area contributed by atoms with Gasteiger partial charge in [0.1, 0.15) is 5.75 Å². The Labute approximate surface area is 130 Å². The number of hydrogen-bond donors (Lipinski definition) is 1. The maximum Gasteiger partial charge on any atom is 0.122 e. The minimum atomic E-state index is 0.158. The number of para-hydroxylation sites is 1. The fourth-order valence-electron chi connectivity index (χ4n) is 3.63. The van der Waals surface area contributed by atoms with Crippen LogP contribution in [0.25, 0.3) is 0 Å². The maximum atomic E-state index is 5.63. The van der Waals surface area contributed by atoms with Gasteiger partial charge >= 0.3 is 0 Å². The lowest BCUT2D eigenvalue weighted by Gasteiger charge is -2.50. The van der Waals surface area contributed by atoms with Gasteiger partial charge in [0, 0.05) is 23.1 Å². The molecule has 1 N–H and O–H groups in total. The van der Waals surface area contributed by atoms with E-state index in [1.54, 1.807) is 7.11 Å². The van der Waals surface area contributed by atoms with Gasteiger partial charge in [-0.1, -0.05) is 38.0 Å². The van der Waals surface area contributed by atoms with E-state index >= 15 is 0 Å². The highest BCUT2D eigenvalue weighted by atomic mass is 16.5. The molecule has 2 nitrogen and oxygen atoms in total. The Hall–Kier alpha value is -1.02. The van der Waals surface area contributed by atoms with Crippen LogP contribution in [0, 0.1) is 5.92 Å². The summed E-state index contributed by atoms with van der Waals surface area (Å²) in [5.41, 5.74) is 1.79. The zero-order valence-electron chi connectivity index (χ0n) is 14.3. The summed E-state index contributed by atoms with van der Waals surface area (Å²) in [7, 11) is 1.78. The van der Waals surface area contributed by atoms with Crippen molar-refractivity contribution in [3.8, 4) is 5.75 Å².